The molecule has 0 radical (unpaired) electrons. The lowest BCUT2D eigenvalue weighted by atomic mass is 9.72. The van der Waals surface area contributed by atoms with Gasteiger partial charge in [-0.05, 0) is 51.0 Å². The summed E-state index contributed by atoms with van der Waals surface area (Å²) in [5, 5.41) is 0. The van der Waals surface area contributed by atoms with Crippen LogP contribution in [0.25, 0.3) is 0 Å². The van der Waals surface area contributed by atoms with Gasteiger partial charge in [0.05, 0.1) is 0 Å². The van der Waals surface area contributed by atoms with Crippen LogP contribution in [-0.4, -0.2) is 30.1 Å². The zero-order valence-electron chi connectivity index (χ0n) is 11.9. The summed E-state index contributed by atoms with van der Waals surface area (Å²) in [6.07, 6.45) is 10.7. The summed E-state index contributed by atoms with van der Waals surface area (Å²) in [5.41, 5.74) is 6.52. The third-order valence-electron chi connectivity index (χ3n) is 5.26. The van der Waals surface area contributed by atoms with Crippen LogP contribution in [0.5, 0.6) is 0 Å². The lowest BCUT2D eigenvalue weighted by Gasteiger charge is -2.48. The topological polar surface area (TPSA) is 29.3 Å². The number of rotatable bonds is 2. The van der Waals surface area contributed by atoms with Gasteiger partial charge < -0.3 is 5.73 Å². The van der Waals surface area contributed by atoms with Crippen molar-refractivity contribution < 1.29 is 0 Å². The first-order valence-corrected chi connectivity index (χ1v) is 7.48. The van der Waals surface area contributed by atoms with Gasteiger partial charge in [0.15, 0.2) is 0 Å². The molecule has 17 heavy (non-hydrogen) atoms. The van der Waals surface area contributed by atoms with Crippen molar-refractivity contribution >= 4 is 0 Å². The summed E-state index contributed by atoms with van der Waals surface area (Å²) < 4.78 is 0. The Morgan fingerprint density at radius 3 is 2.24 bits per heavy atom. The number of nitrogens with zero attached hydrogens (tertiary/aromatic N) is 1. The Balaban J connectivity index is 1.96. The van der Waals surface area contributed by atoms with E-state index in [2.05, 4.69) is 25.8 Å². The molecule has 2 N–H and O–H groups in total. The molecule has 0 amide bonds. The SMILES string of the molecule is CN(C1CCC(N)CC1)C1CCCCC1(C)C. The van der Waals surface area contributed by atoms with E-state index in [9.17, 15) is 0 Å². The minimum absolute atomic E-state index is 0.471. The first-order valence-electron chi connectivity index (χ1n) is 7.48. The van der Waals surface area contributed by atoms with Crippen LogP contribution in [0.4, 0.5) is 0 Å². The summed E-state index contributed by atoms with van der Waals surface area (Å²) in [5.74, 6) is 0. The molecule has 0 aromatic heterocycles. The number of nitrogens with two attached hydrogens (primary N) is 1. The molecule has 1 unspecified atom stereocenters. The van der Waals surface area contributed by atoms with Gasteiger partial charge in [0.25, 0.3) is 0 Å². The fourth-order valence-electron chi connectivity index (χ4n) is 3.99. The molecule has 2 rings (SSSR count). The van der Waals surface area contributed by atoms with E-state index in [4.69, 9.17) is 5.73 Å². The van der Waals surface area contributed by atoms with Crippen LogP contribution in [0, 0.1) is 5.41 Å². The molecule has 0 heterocycles. The molecule has 2 fully saturated rings. The van der Waals surface area contributed by atoms with E-state index in [0.717, 1.165) is 12.1 Å². The highest BCUT2D eigenvalue weighted by atomic mass is 15.2. The van der Waals surface area contributed by atoms with E-state index < -0.39 is 0 Å². The maximum Gasteiger partial charge on any atom is 0.0146 e. The first kappa shape index (κ1) is 13.4. The zero-order chi connectivity index (χ0) is 12.5. The third-order valence-corrected chi connectivity index (χ3v) is 5.26. The third kappa shape index (κ3) is 3.03. The van der Waals surface area contributed by atoms with Gasteiger partial charge >= 0.3 is 0 Å². The molecule has 0 spiro atoms. The summed E-state index contributed by atoms with van der Waals surface area (Å²) in [6, 6.07) is 2.05. The Morgan fingerprint density at radius 2 is 1.65 bits per heavy atom. The molecule has 2 nitrogen and oxygen atoms in total. The summed E-state index contributed by atoms with van der Waals surface area (Å²) in [6.45, 7) is 4.92. The highest BCUT2D eigenvalue weighted by Gasteiger charge is 2.37. The quantitative estimate of drug-likeness (QED) is 0.800. The summed E-state index contributed by atoms with van der Waals surface area (Å²) >= 11 is 0. The molecule has 1 atom stereocenters. The average molecular weight is 238 g/mol. The maximum atomic E-state index is 6.01. The maximum absolute atomic E-state index is 6.01. The van der Waals surface area contributed by atoms with Crippen molar-refractivity contribution in [2.45, 2.75) is 83.3 Å². The average Bonchev–Trinajstić information content (AvgIpc) is 2.28. The molecule has 0 aromatic rings. The largest absolute Gasteiger partial charge is 0.328 e. The van der Waals surface area contributed by atoms with Crippen molar-refractivity contribution in [2.75, 3.05) is 7.05 Å². The van der Waals surface area contributed by atoms with Crippen LogP contribution in [-0.2, 0) is 0 Å². The molecule has 0 bridgehead atoms. The van der Waals surface area contributed by atoms with Gasteiger partial charge in [0.1, 0.15) is 0 Å². The molecule has 100 valence electrons. The molecule has 0 saturated heterocycles. The van der Waals surface area contributed by atoms with Crippen molar-refractivity contribution in [3.63, 3.8) is 0 Å². The molecular weight excluding hydrogens is 208 g/mol. The predicted molar refractivity (Wildman–Crippen MR) is 74.0 cm³/mol. The smallest absolute Gasteiger partial charge is 0.0146 e. The van der Waals surface area contributed by atoms with E-state index in [1.165, 1.54) is 51.4 Å². The molecule has 0 aromatic carbocycles. The predicted octanol–water partition coefficient (Wildman–Crippen LogP) is 3.16. The van der Waals surface area contributed by atoms with Crippen LogP contribution >= 0.6 is 0 Å². The van der Waals surface area contributed by atoms with Gasteiger partial charge in [-0.2, -0.15) is 0 Å². The number of hydrogen-bond donors (Lipinski definition) is 1. The molecule has 2 aliphatic rings. The Morgan fingerprint density at radius 1 is 1.00 bits per heavy atom. The number of hydrogen-bond acceptors (Lipinski definition) is 2. The van der Waals surface area contributed by atoms with Crippen molar-refractivity contribution in [1.29, 1.82) is 0 Å². The van der Waals surface area contributed by atoms with Gasteiger partial charge in [-0.1, -0.05) is 26.7 Å². The lowest BCUT2D eigenvalue weighted by molar-refractivity contribution is 0.0252. The fourth-order valence-corrected chi connectivity index (χ4v) is 3.99. The van der Waals surface area contributed by atoms with Crippen molar-refractivity contribution in [2.24, 2.45) is 11.1 Å². The van der Waals surface area contributed by atoms with Crippen molar-refractivity contribution in [1.82, 2.24) is 4.90 Å². The molecule has 2 heteroatoms. The normalized spacial score (nSPS) is 38.3. The molecular formula is C15H30N2. The van der Waals surface area contributed by atoms with Crippen molar-refractivity contribution in [3.8, 4) is 0 Å². The Labute approximate surface area is 107 Å². The minimum Gasteiger partial charge on any atom is -0.328 e. The van der Waals surface area contributed by atoms with Crippen LogP contribution < -0.4 is 5.73 Å². The fraction of sp³-hybridized carbons (Fsp3) is 1.00. The molecule has 2 saturated carbocycles. The van der Waals surface area contributed by atoms with E-state index in [1.807, 2.05) is 0 Å². The van der Waals surface area contributed by atoms with E-state index in [-0.39, 0.29) is 0 Å². The van der Waals surface area contributed by atoms with E-state index >= 15 is 0 Å². The van der Waals surface area contributed by atoms with E-state index in [0.29, 0.717) is 11.5 Å². The van der Waals surface area contributed by atoms with Gasteiger partial charge in [-0.25, -0.2) is 0 Å². The molecule has 2 aliphatic carbocycles. The van der Waals surface area contributed by atoms with E-state index in [1.54, 1.807) is 0 Å². The van der Waals surface area contributed by atoms with Gasteiger partial charge in [0, 0.05) is 18.1 Å². The standard InChI is InChI=1S/C15H30N2/c1-15(2)11-5-4-6-14(15)17(3)13-9-7-12(16)8-10-13/h12-14H,4-11,16H2,1-3H3. The second-order valence-corrected chi connectivity index (χ2v) is 6.98. The van der Waals surface area contributed by atoms with Gasteiger partial charge in [-0.3, -0.25) is 4.90 Å². The second kappa shape index (κ2) is 5.27. The first-order chi connectivity index (χ1) is 8.00. The highest BCUT2D eigenvalue weighted by Crippen LogP contribution is 2.40. The van der Waals surface area contributed by atoms with Gasteiger partial charge in [0.2, 0.25) is 0 Å². The van der Waals surface area contributed by atoms with Crippen molar-refractivity contribution in [3.05, 3.63) is 0 Å². The molecule has 0 aliphatic heterocycles. The second-order valence-electron chi connectivity index (χ2n) is 6.98. The highest BCUT2D eigenvalue weighted by molar-refractivity contribution is 4.92. The summed E-state index contributed by atoms with van der Waals surface area (Å²) in [7, 11) is 2.36. The van der Waals surface area contributed by atoms with Crippen LogP contribution in [0.15, 0.2) is 0 Å². The lowest BCUT2D eigenvalue weighted by Crippen LogP contribution is -2.51. The Kier molecular flexibility index (Phi) is 4.14. The Hall–Kier alpha value is -0.0800. The Bertz CT molecular complexity index is 241. The van der Waals surface area contributed by atoms with Crippen LogP contribution in [0.3, 0.4) is 0 Å². The zero-order valence-corrected chi connectivity index (χ0v) is 11.9. The summed E-state index contributed by atoms with van der Waals surface area (Å²) in [4.78, 5) is 2.70. The minimum atomic E-state index is 0.471. The van der Waals surface area contributed by atoms with Crippen LogP contribution in [0.1, 0.15) is 65.2 Å². The monoisotopic (exact) mass is 238 g/mol. The van der Waals surface area contributed by atoms with Gasteiger partial charge in [-0.15, -0.1) is 0 Å². The van der Waals surface area contributed by atoms with Crippen LogP contribution in [0.2, 0.25) is 0 Å².